The molecule has 24 heavy (non-hydrogen) atoms. The van der Waals surface area contributed by atoms with Crippen molar-refractivity contribution in [1.82, 2.24) is 5.32 Å². The molecule has 0 heterocycles. The van der Waals surface area contributed by atoms with Gasteiger partial charge in [-0.25, -0.2) is 0 Å². The number of benzene rings is 2. The monoisotopic (exact) mass is 366 g/mol. The van der Waals surface area contributed by atoms with Crippen molar-refractivity contribution in [2.75, 3.05) is 19.0 Å². The summed E-state index contributed by atoms with van der Waals surface area (Å²) in [4.78, 5) is 23.8. The molecular weight excluding hydrogens is 351 g/mol. The van der Waals surface area contributed by atoms with E-state index < -0.39 is 11.8 Å². The fourth-order valence-corrected chi connectivity index (χ4v) is 2.44. The highest BCUT2D eigenvalue weighted by Gasteiger charge is 2.15. The van der Waals surface area contributed by atoms with Crippen LogP contribution in [0.4, 0.5) is 5.69 Å². The second-order valence-electron chi connectivity index (χ2n) is 4.93. The number of rotatable bonds is 5. The summed E-state index contributed by atoms with van der Waals surface area (Å²) in [6.45, 7) is 0.319. The Hall–Kier alpha value is -2.24. The predicted octanol–water partition coefficient (Wildman–Crippen LogP) is 3.30. The van der Waals surface area contributed by atoms with Gasteiger partial charge >= 0.3 is 11.8 Å². The number of methoxy groups -OCH3 is 1. The van der Waals surface area contributed by atoms with Crippen molar-refractivity contribution in [1.29, 1.82) is 0 Å². The van der Waals surface area contributed by atoms with Crippen LogP contribution in [-0.4, -0.2) is 25.5 Å². The van der Waals surface area contributed by atoms with Crippen LogP contribution < -0.4 is 15.4 Å². The molecule has 126 valence electrons. The molecule has 0 saturated carbocycles. The summed E-state index contributed by atoms with van der Waals surface area (Å²) in [5, 5.41) is 6.09. The summed E-state index contributed by atoms with van der Waals surface area (Å²) in [6.07, 6.45) is 0.570. The molecule has 0 bridgehead atoms. The van der Waals surface area contributed by atoms with Crippen LogP contribution in [0.15, 0.2) is 42.5 Å². The Morgan fingerprint density at radius 1 is 1.04 bits per heavy atom. The van der Waals surface area contributed by atoms with Gasteiger partial charge in [0.2, 0.25) is 0 Å². The standard InChI is InChI=1S/C17H16Cl2N2O3/c1-24-15-6-5-13(19)10-14(15)21-17(23)16(22)20-8-7-11-3-2-4-12(18)9-11/h2-6,9-10H,7-8H2,1H3,(H,20,22)(H,21,23). The Morgan fingerprint density at radius 3 is 2.50 bits per heavy atom. The van der Waals surface area contributed by atoms with Crippen molar-refractivity contribution < 1.29 is 14.3 Å². The van der Waals surface area contributed by atoms with Gasteiger partial charge in [-0.3, -0.25) is 9.59 Å². The molecule has 0 saturated heterocycles. The van der Waals surface area contributed by atoms with E-state index in [4.69, 9.17) is 27.9 Å². The van der Waals surface area contributed by atoms with E-state index in [-0.39, 0.29) is 0 Å². The lowest BCUT2D eigenvalue weighted by Crippen LogP contribution is -2.36. The van der Waals surface area contributed by atoms with Gasteiger partial charge in [0.05, 0.1) is 12.8 Å². The lowest BCUT2D eigenvalue weighted by Gasteiger charge is -2.10. The first-order chi connectivity index (χ1) is 11.5. The number of anilines is 1. The lowest BCUT2D eigenvalue weighted by molar-refractivity contribution is -0.136. The molecule has 0 radical (unpaired) electrons. The van der Waals surface area contributed by atoms with Gasteiger partial charge in [0.25, 0.3) is 0 Å². The first-order valence-corrected chi connectivity index (χ1v) is 7.92. The van der Waals surface area contributed by atoms with Gasteiger partial charge in [0.1, 0.15) is 5.75 Å². The normalized spacial score (nSPS) is 10.1. The molecule has 2 N–H and O–H groups in total. The predicted molar refractivity (Wildman–Crippen MR) is 94.8 cm³/mol. The van der Waals surface area contributed by atoms with E-state index in [1.165, 1.54) is 13.2 Å². The van der Waals surface area contributed by atoms with Crippen molar-refractivity contribution in [2.24, 2.45) is 0 Å². The fourth-order valence-electron chi connectivity index (χ4n) is 2.05. The van der Waals surface area contributed by atoms with Crippen molar-refractivity contribution >= 4 is 40.7 Å². The Kier molecular flexibility index (Phi) is 6.46. The molecule has 0 aliphatic heterocycles. The Balaban J connectivity index is 1.88. The van der Waals surface area contributed by atoms with Crippen molar-refractivity contribution in [3.05, 3.63) is 58.1 Å². The Morgan fingerprint density at radius 2 is 1.79 bits per heavy atom. The van der Waals surface area contributed by atoms with Gasteiger partial charge in [-0.2, -0.15) is 0 Å². The maximum absolute atomic E-state index is 11.9. The number of hydrogen-bond donors (Lipinski definition) is 2. The average Bonchev–Trinajstić information content (AvgIpc) is 2.55. The summed E-state index contributed by atoms with van der Waals surface area (Å²) >= 11 is 11.8. The van der Waals surface area contributed by atoms with Crippen molar-refractivity contribution in [3.63, 3.8) is 0 Å². The summed E-state index contributed by atoms with van der Waals surface area (Å²) in [5.41, 5.74) is 1.31. The molecule has 2 amide bonds. The van der Waals surface area contributed by atoms with E-state index in [2.05, 4.69) is 10.6 Å². The van der Waals surface area contributed by atoms with E-state index in [1.54, 1.807) is 18.2 Å². The molecule has 2 rings (SSSR count). The van der Waals surface area contributed by atoms with Gasteiger partial charge in [0, 0.05) is 16.6 Å². The van der Waals surface area contributed by atoms with Crippen LogP contribution >= 0.6 is 23.2 Å². The van der Waals surface area contributed by atoms with Crippen LogP contribution in [0.3, 0.4) is 0 Å². The Labute approximate surface area is 149 Å². The van der Waals surface area contributed by atoms with Gasteiger partial charge < -0.3 is 15.4 Å². The SMILES string of the molecule is COc1ccc(Cl)cc1NC(=O)C(=O)NCCc1cccc(Cl)c1. The van der Waals surface area contributed by atoms with Gasteiger partial charge in [-0.15, -0.1) is 0 Å². The first-order valence-electron chi connectivity index (χ1n) is 7.17. The van der Waals surface area contributed by atoms with Crippen molar-refractivity contribution in [2.45, 2.75) is 6.42 Å². The maximum atomic E-state index is 11.9. The van der Waals surface area contributed by atoms with Crippen LogP contribution in [0.2, 0.25) is 10.0 Å². The zero-order chi connectivity index (χ0) is 17.5. The highest BCUT2D eigenvalue weighted by Crippen LogP contribution is 2.27. The molecule has 0 spiro atoms. The summed E-state index contributed by atoms with van der Waals surface area (Å²) in [6, 6.07) is 12.1. The molecule has 2 aromatic rings. The van der Waals surface area contributed by atoms with E-state index in [1.807, 2.05) is 18.2 Å². The average molecular weight is 367 g/mol. The zero-order valence-electron chi connectivity index (χ0n) is 12.9. The minimum absolute atomic E-state index is 0.319. The van der Waals surface area contributed by atoms with Crippen molar-refractivity contribution in [3.8, 4) is 5.75 Å². The highest BCUT2D eigenvalue weighted by molar-refractivity contribution is 6.40. The number of ether oxygens (including phenoxy) is 1. The number of nitrogens with one attached hydrogen (secondary N) is 2. The van der Waals surface area contributed by atoms with Crippen LogP contribution in [0, 0.1) is 0 Å². The topological polar surface area (TPSA) is 67.4 Å². The van der Waals surface area contributed by atoms with Gasteiger partial charge in [0.15, 0.2) is 0 Å². The summed E-state index contributed by atoms with van der Waals surface area (Å²) in [7, 11) is 1.46. The molecule has 0 aromatic heterocycles. The van der Waals surface area contributed by atoms with Crippen LogP contribution in [-0.2, 0) is 16.0 Å². The fraction of sp³-hybridized carbons (Fsp3) is 0.176. The largest absolute Gasteiger partial charge is 0.495 e. The highest BCUT2D eigenvalue weighted by atomic mass is 35.5. The third-order valence-corrected chi connectivity index (χ3v) is 3.67. The maximum Gasteiger partial charge on any atom is 0.313 e. The van der Waals surface area contributed by atoms with E-state index >= 15 is 0 Å². The summed E-state index contributed by atoms with van der Waals surface area (Å²) in [5.74, 6) is -1.11. The molecule has 0 unspecified atom stereocenters. The van der Waals surface area contributed by atoms with Gasteiger partial charge in [-0.1, -0.05) is 35.3 Å². The molecule has 0 atom stereocenters. The van der Waals surface area contributed by atoms with E-state index in [9.17, 15) is 9.59 Å². The number of amides is 2. The number of hydrogen-bond acceptors (Lipinski definition) is 3. The second-order valence-corrected chi connectivity index (χ2v) is 5.81. The third-order valence-electron chi connectivity index (χ3n) is 3.20. The molecule has 0 fully saturated rings. The van der Waals surface area contributed by atoms with Crippen LogP contribution in [0.1, 0.15) is 5.56 Å². The minimum Gasteiger partial charge on any atom is -0.495 e. The quantitative estimate of drug-likeness (QED) is 0.797. The van der Waals surface area contributed by atoms with Crippen LogP contribution in [0.25, 0.3) is 0 Å². The molecule has 0 aliphatic rings. The molecule has 7 heteroatoms. The second kappa shape index (κ2) is 8.57. The molecule has 5 nitrogen and oxygen atoms in total. The number of carbonyl (C=O) groups excluding carboxylic acids is 2. The van der Waals surface area contributed by atoms with E-state index in [0.29, 0.717) is 34.4 Å². The third kappa shape index (κ3) is 5.15. The molecule has 0 aliphatic carbocycles. The smallest absolute Gasteiger partial charge is 0.313 e. The van der Waals surface area contributed by atoms with E-state index in [0.717, 1.165) is 5.56 Å². The molecular formula is C17H16Cl2N2O3. The number of halogens is 2. The zero-order valence-corrected chi connectivity index (χ0v) is 14.4. The number of carbonyl (C=O) groups is 2. The summed E-state index contributed by atoms with van der Waals surface area (Å²) < 4.78 is 5.11. The first kappa shape index (κ1) is 18.1. The van der Waals surface area contributed by atoms with Crippen LogP contribution in [0.5, 0.6) is 5.75 Å². The minimum atomic E-state index is -0.790. The molecule has 2 aromatic carbocycles. The lowest BCUT2D eigenvalue weighted by atomic mass is 10.1. The Bertz CT molecular complexity index is 750. The van der Waals surface area contributed by atoms with Gasteiger partial charge in [-0.05, 0) is 42.3 Å².